The molecule has 1 aromatic rings. The summed E-state index contributed by atoms with van der Waals surface area (Å²) in [7, 11) is 0. The first-order valence-electron chi connectivity index (χ1n) is 5.24. The molecule has 0 fully saturated rings. The average Bonchev–Trinajstić information content (AvgIpc) is 2.69. The van der Waals surface area contributed by atoms with Crippen LogP contribution in [-0.4, -0.2) is 18.3 Å². The van der Waals surface area contributed by atoms with Gasteiger partial charge in [-0.15, -0.1) is 0 Å². The molecule has 84 valence electrons. The Morgan fingerprint density at radius 2 is 2.06 bits per heavy atom. The molecule has 1 aromatic carbocycles. The number of fused-ring (bicyclic) bond motifs is 1. The quantitative estimate of drug-likeness (QED) is 0.788. The summed E-state index contributed by atoms with van der Waals surface area (Å²) in [6, 6.07) is 7.60. The van der Waals surface area contributed by atoms with E-state index in [2.05, 4.69) is 5.32 Å². The summed E-state index contributed by atoms with van der Waals surface area (Å²) < 4.78 is 0. The van der Waals surface area contributed by atoms with Crippen molar-refractivity contribution >= 4 is 17.4 Å². The van der Waals surface area contributed by atoms with Gasteiger partial charge in [0.2, 0.25) is 0 Å². The first-order chi connectivity index (χ1) is 7.68. The molecule has 16 heavy (non-hydrogen) atoms. The minimum Gasteiger partial charge on any atom is -0.550 e. The fraction of sp³-hybridized carbons (Fsp3) is 0.333. The second-order valence-electron chi connectivity index (χ2n) is 3.86. The molecule has 1 N–H and O–H groups in total. The summed E-state index contributed by atoms with van der Waals surface area (Å²) >= 11 is 0. The maximum atomic E-state index is 11.8. The molecule has 0 unspecified atom stereocenters. The highest BCUT2D eigenvalue weighted by Crippen LogP contribution is 2.32. The molecule has 4 nitrogen and oxygen atoms in total. The number of rotatable bonds is 4. The van der Waals surface area contributed by atoms with Crippen molar-refractivity contribution in [2.45, 2.75) is 18.8 Å². The summed E-state index contributed by atoms with van der Waals surface area (Å²) in [4.78, 5) is 22.1. The van der Waals surface area contributed by atoms with Gasteiger partial charge in [-0.2, -0.15) is 0 Å². The van der Waals surface area contributed by atoms with Gasteiger partial charge in [-0.3, -0.25) is 4.79 Å². The van der Waals surface area contributed by atoms with Gasteiger partial charge in [0.05, 0.1) is 5.92 Å². The SMILES string of the molecule is O=C([O-])CCC(=O)[C@@H]1CNc2ccccc21. The third kappa shape index (κ3) is 2.05. The zero-order chi connectivity index (χ0) is 11.5. The number of hydrogen-bond donors (Lipinski definition) is 1. The Balaban J connectivity index is 2.07. The zero-order valence-electron chi connectivity index (χ0n) is 8.73. The van der Waals surface area contributed by atoms with Crippen LogP contribution < -0.4 is 10.4 Å². The van der Waals surface area contributed by atoms with Crippen LogP contribution in [0.1, 0.15) is 24.3 Å². The lowest BCUT2D eigenvalue weighted by Crippen LogP contribution is -2.24. The number of hydrogen-bond acceptors (Lipinski definition) is 4. The summed E-state index contributed by atoms with van der Waals surface area (Å²) in [5, 5.41) is 13.4. The fourth-order valence-corrected chi connectivity index (χ4v) is 1.97. The van der Waals surface area contributed by atoms with Crippen molar-refractivity contribution in [2.75, 3.05) is 11.9 Å². The molecular formula is C12H12NO3-. The van der Waals surface area contributed by atoms with Crippen LogP contribution >= 0.6 is 0 Å². The number of carbonyl (C=O) groups excluding carboxylic acids is 2. The molecular weight excluding hydrogens is 206 g/mol. The van der Waals surface area contributed by atoms with Crippen LogP contribution in [0.25, 0.3) is 0 Å². The number of benzene rings is 1. The largest absolute Gasteiger partial charge is 0.550 e. The van der Waals surface area contributed by atoms with Crippen LogP contribution in [-0.2, 0) is 9.59 Å². The van der Waals surface area contributed by atoms with Gasteiger partial charge in [-0.25, -0.2) is 0 Å². The Morgan fingerprint density at radius 1 is 1.31 bits per heavy atom. The van der Waals surface area contributed by atoms with Gasteiger partial charge < -0.3 is 15.2 Å². The predicted octanol–water partition coefficient (Wildman–Crippen LogP) is 0.295. The lowest BCUT2D eigenvalue weighted by molar-refractivity contribution is -0.305. The van der Waals surface area contributed by atoms with E-state index < -0.39 is 5.97 Å². The van der Waals surface area contributed by atoms with E-state index in [4.69, 9.17) is 0 Å². The Labute approximate surface area is 93.3 Å². The smallest absolute Gasteiger partial charge is 0.142 e. The standard InChI is InChI=1S/C12H13NO3/c14-11(5-6-12(15)16)9-7-13-10-4-2-1-3-8(9)10/h1-4,9,13H,5-7H2,(H,15,16)/p-1/t9-/m1/s1. The van der Waals surface area contributed by atoms with E-state index in [0.29, 0.717) is 6.54 Å². The monoisotopic (exact) mass is 218 g/mol. The first kappa shape index (κ1) is 10.7. The summed E-state index contributed by atoms with van der Waals surface area (Å²) in [5.41, 5.74) is 1.93. The van der Waals surface area contributed by atoms with E-state index in [-0.39, 0.29) is 24.5 Å². The number of aliphatic carboxylic acids is 1. The van der Waals surface area contributed by atoms with Gasteiger partial charge in [0, 0.05) is 24.6 Å². The number of ketones is 1. The van der Waals surface area contributed by atoms with Gasteiger partial charge >= 0.3 is 0 Å². The van der Waals surface area contributed by atoms with Gasteiger partial charge in [0.25, 0.3) is 0 Å². The fourth-order valence-electron chi connectivity index (χ4n) is 1.97. The van der Waals surface area contributed by atoms with Crippen LogP contribution in [0.5, 0.6) is 0 Å². The lowest BCUT2D eigenvalue weighted by atomic mass is 9.94. The topological polar surface area (TPSA) is 69.2 Å². The van der Waals surface area contributed by atoms with Gasteiger partial charge in [0.15, 0.2) is 0 Å². The molecule has 1 aliphatic rings. The Hall–Kier alpha value is -1.84. The minimum absolute atomic E-state index is 0.0401. The van der Waals surface area contributed by atoms with Crippen LogP contribution in [0.2, 0.25) is 0 Å². The van der Waals surface area contributed by atoms with Crippen LogP contribution in [0.3, 0.4) is 0 Å². The number of para-hydroxylation sites is 1. The Morgan fingerprint density at radius 3 is 2.81 bits per heavy atom. The molecule has 0 amide bonds. The van der Waals surface area contributed by atoms with Gasteiger partial charge in [0.1, 0.15) is 5.78 Å². The normalized spacial score (nSPS) is 17.6. The highest BCUT2D eigenvalue weighted by atomic mass is 16.4. The summed E-state index contributed by atoms with van der Waals surface area (Å²) in [5.74, 6) is -1.43. The van der Waals surface area contributed by atoms with E-state index in [0.717, 1.165) is 11.3 Å². The average molecular weight is 218 g/mol. The number of Topliss-reactive ketones (excluding diaryl/α,β-unsaturated/α-hetero) is 1. The highest BCUT2D eigenvalue weighted by Gasteiger charge is 2.27. The molecule has 4 heteroatoms. The van der Waals surface area contributed by atoms with Crippen LogP contribution in [0, 0.1) is 0 Å². The van der Waals surface area contributed by atoms with Crippen molar-refractivity contribution in [1.29, 1.82) is 0 Å². The Bertz CT molecular complexity index is 428. The van der Waals surface area contributed by atoms with Crippen molar-refractivity contribution in [3.05, 3.63) is 29.8 Å². The van der Waals surface area contributed by atoms with Gasteiger partial charge in [-0.1, -0.05) is 18.2 Å². The molecule has 0 spiro atoms. The van der Waals surface area contributed by atoms with E-state index in [9.17, 15) is 14.7 Å². The molecule has 1 aliphatic heterocycles. The summed E-state index contributed by atoms with van der Waals surface area (Å²) in [6.45, 7) is 0.561. The maximum absolute atomic E-state index is 11.8. The first-order valence-corrected chi connectivity index (χ1v) is 5.24. The molecule has 2 rings (SSSR count). The highest BCUT2D eigenvalue weighted by molar-refractivity contribution is 5.91. The summed E-state index contributed by atoms with van der Waals surface area (Å²) in [6.07, 6.45) is -0.152. The van der Waals surface area contributed by atoms with E-state index in [1.54, 1.807) is 0 Å². The van der Waals surface area contributed by atoms with E-state index >= 15 is 0 Å². The number of carboxylic acids is 1. The molecule has 0 bridgehead atoms. The lowest BCUT2D eigenvalue weighted by Gasteiger charge is -2.09. The van der Waals surface area contributed by atoms with E-state index in [1.807, 2.05) is 24.3 Å². The number of carboxylic acid groups (broad SMARTS) is 1. The third-order valence-corrected chi connectivity index (χ3v) is 2.80. The van der Waals surface area contributed by atoms with Crippen LogP contribution in [0.15, 0.2) is 24.3 Å². The molecule has 0 radical (unpaired) electrons. The second-order valence-corrected chi connectivity index (χ2v) is 3.86. The predicted molar refractivity (Wildman–Crippen MR) is 56.9 cm³/mol. The number of nitrogens with one attached hydrogen (secondary N) is 1. The molecule has 0 aliphatic carbocycles. The molecule has 0 saturated heterocycles. The third-order valence-electron chi connectivity index (χ3n) is 2.80. The van der Waals surface area contributed by atoms with Crippen molar-refractivity contribution in [2.24, 2.45) is 0 Å². The van der Waals surface area contributed by atoms with Crippen molar-refractivity contribution in [3.8, 4) is 0 Å². The Kier molecular flexibility index (Phi) is 2.90. The zero-order valence-corrected chi connectivity index (χ0v) is 8.73. The number of carbonyl (C=O) groups is 2. The molecule has 0 saturated carbocycles. The van der Waals surface area contributed by atoms with Gasteiger partial charge in [-0.05, 0) is 18.1 Å². The van der Waals surface area contributed by atoms with Crippen molar-refractivity contribution in [1.82, 2.24) is 0 Å². The van der Waals surface area contributed by atoms with E-state index in [1.165, 1.54) is 0 Å². The number of anilines is 1. The second kappa shape index (κ2) is 4.35. The molecule has 1 atom stereocenters. The maximum Gasteiger partial charge on any atom is 0.142 e. The molecule has 0 aromatic heterocycles. The van der Waals surface area contributed by atoms with Crippen molar-refractivity contribution in [3.63, 3.8) is 0 Å². The molecule has 1 heterocycles. The minimum atomic E-state index is -1.17. The van der Waals surface area contributed by atoms with Crippen molar-refractivity contribution < 1.29 is 14.7 Å². The van der Waals surface area contributed by atoms with Crippen LogP contribution in [0.4, 0.5) is 5.69 Å².